The number of fused-ring (bicyclic) bond motifs is 2. The zero-order valence-electron chi connectivity index (χ0n) is 16.0. The number of carbonyl (C=O) groups excluding carboxylic acids is 1. The van der Waals surface area contributed by atoms with Crippen molar-refractivity contribution in [3.05, 3.63) is 0 Å². The topological polar surface area (TPSA) is 101 Å². The molecule has 5 aliphatic rings. The van der Waals surface area contributed by atoms with Crippen molar-refractivity contribution in [2.45, 2.75) is 76.7 Å². The second-order valence-electron chi connectivity index (χ2n) is 8.64. The number of ether oxygens (including phenoxy) is 3. The van der Waals surface area contributed by atoms with E-state index in [2.05, 4.69) is 6.92 Å². The Balaban J connectivity index is 1.60. The zero-order valence-corrected chi connectivity index (χ0v) is 16.0. The van der Waals surface area contributed by atoms with Crippen molar-refractivity contribution < 1.29 is 38.7 Å². The Bertz CT molecular complexity index is 623. The van der Waals surface area contributed by atoms with Crippen LogP contribution in [0.1, 0.15) is 52.9 Å². The Morgan fingerprint density at radius 1 is 1.15 bits per heavy atom. The van der Waals surface area contributed by atoms with Crippen molar-refractivity contribution in [1.29, 1.82) is 0 Å². The number of carboxylic acid groups (broad SMARTS) is 1. The molecule has 4 saturated heterocycles. The Morgan fingerprint density at radius 2 is 1.93 bits per heavy atom. The van der Waals surface area contributed by atoms with E-state index in [0.717, 1.165) is 19.3 Å². The van der Waals surface area contributed by atoms with Gasteiger partial charge < -0.3 is 19.3 Å². The van der Waals surface area contributed by atoms with Crippen molar-refractivity contribution in [2.75, 3.05) is 6.61 Å². The third-order valence-corrected chi connectivity index (χ3v) is 6.95. The minimum Gasteiger partial charge on any atom is -0.481 e. The zero-order chi connectivity index (χ0) is 19.4. The number of rotatable bonds is 4. The number of carbonyl (C=O) groups is 2. The highest BCUT2D eigenvalue weighted by molar-refractivity contribution is 5.76. The average Bonchev–Trinajstić information content (AvgIpc) is 2.84. The third-order valence-electron chi connectivity index (χ3n) is 6.95. The molecular weight excluding hydrogens is 356 g/mol. The lowest BCUT2D eigenvalue weighted by Gasteiger charge is -2.60. The van der Waals surface area contributed by atoms with Gasteiger partial charge in [-0.2, -0.15) is 0 Å². The van der Waals surface area contributed by atoms with Crippen LogP contribution in [0, 0.1) is 23.7 Å². The van der Waals surface area contributed by atoms with Crippen LogP contribution in [0.25, 0.3) is 0 Å². The van der Waals surface area contributed by atoms with E-state index in [1.807, 2.05) is 13.8 Å². The summed E-state index contributed by atoms with van der Waals surface area (Å²) in [5.41, 5.74) is -0.717. The van der Waals surface area contributed by atoms with Gasteiger partial charge in [0.15, 0.2) is 18.0 Å². The molecule has 152 valence electrons. The fourth-order valence-corrected chi connectivity index (χ4v) is 5.50. The Labute approximate surface area is 158 Å². The van der Waals surface area contributed by atoms with E-state index in [-0.39, 0.29) is 30.8 Å². The van der Waals surface area contributed by atoms with Gasteiger partial charge in [0.05, 0.1) is 6.42 Å². The maximum atomic E-state index is 12.6. The van der Waals surface area contributed by atoms with Crippen LogP contribution in [0.4, 0.5) is 0 Å². The first-order valence-electron chi connectivity index (χ1n) is 9.85. The standard InChI is InChI=1S/C19H28O8/c1-10-4-5-13-11(2)15(16(22)23-9-7-14(20)21)24-17-19(13)12(10)6-8-18(3,25-17)26-27-19/h10-13,15,17H,4-9H2,1-3H3,(H,20,21)/t10-,11-,12+,13+,15-,17-,18?,19?/m1/s1. The Morgan fingerprint density at radius 3 is 2.67 bits per heavy atom. The minimum atomic E-state index is -1.01. The van der Waals surface area contributed by atoms with E-state index in [0.29, 0.717) is 12.3 Å². The van der Waals surface area contributed by atoms with Gasteiger partial charge in [-0.3, -0.25) is 4.79 Å². The van der Waals surface area contributed by atoms with Crippen LogP contribution in [-0.4, -0.2) is 47.4 Å². The summed E-state index contributed by atoms with van der Waals surface area (Å²) in [5.74, 6) is -1.87. The van der Waals surface area contributed by atoms with Gasteiger partial charge in [-0.05, 0) is 43.9 Å². The number of hydrogen-bond donors (Lipinski definition) is 1. The predicted octanol–water partition coefficient (Wildman–Crippen LogP) is 2.25. The maximum absolute atomic E-state index is 12.6. The summed E-state index contributed by atoms with van der Waals surface area (Å²) < 4.78 is 17.5. The molecule has 0 aromatic heterocycles. The summed E-state index contributed by atoms with van der Waals surface area (Å²) in [6.07, 6.45) is 1.84. The monoisotopic (exact) mass is 384 g/mol. The molecule has 1 saturated carbocycles. The van der Waals surface area contributed by atoms with E-state index in [1.165, 1.54) is 0 Å². The lowest BCUT2D eigenvalue weighted by atomic mass is 9.57. The molecule has 0 amide bonds. The van der Waals surface area contributed by atoms with Crippen molar-refractivity contribution >= 4 is 11.9 Å². The molecule has 2 bridgehead atoms. The molecule has 2 unspecified atom stereocenters. The third kappa shape index (κ3) is 2.97. The lowest BCUT2D eigenvalue weighted by Crippen LogP contribution is -2.71. The van der Waals surface area contributed by atoms with E-state index in [1.54, 1.807) is 0 Å². The molecule has 1 aliphatic carbocycles. The molecule has 8 atom stereocenters. The van der Waals surface area contributed by atoms with Gasteiger partial charge >= 0.3 is 11.9 Å². The molecule has 0 aromatic rings. The van der Waals surface area contributed by atoms with E-state index in [9.17, 15) is 9.59 Å². The van der Waals surface area contributed by atoms with E-state index < -0.39 is 35.7 Å². The van der Waals surface area contributed by atoms with Crippen LogP contribution in [0.5, 0.6) is 0 Å². The normalized spacial score (nSPS) is 48.4. The quantitative estimate of drug-likeness (QED) is 0.582. The molecule has 4 heterocycles. The molecule has 1 spiro atoms. The van der Waals surface area contributed by atoms with Gasteiger partial charge in [-0.25, -0.2) is 14.6 Å². The molecule has 0 aromatic carbocycles. The van der Waals surface area contributed by atoms with Gasteiger partial charge in [0.1, 0.15) is 6.61 Å². The second kappa shape index (κ2) is 6.69. The van der Waals surface area contributed by atoms with Crippen LogP contribution >= 0.6 is 0 Å². The first-order chi connectivity index (χ1) is 12.8. The van der Waals surface area contributed by atoms with Crippen molar-refractivity contribution in [3.63, 3.8) is 0 Å². The molecule has 27 heavy (non-hydrogen) atoms. The van der Waals surface area contributed by atoms with Gasteiger partial charge in [0.25, 0.3) is 0 Å². The van der Waals surface area contributed by atoms with E-state index in [4.69, 9.17) is 29.1 Å². The average molecular weight is 384 g/mol. The highest BCUT2D eigenvalue weighted by Gasteiger charge is 2.70. The maximum Gasteiger partial charge on any atom is 0.335 e. The van der Waals surface area contributed by atoms with Crippen LogP contribution in [-0.2, 0) is 33.6 Å². The first kappa shape index (κ1) is 19.1. The van der Waals surface area contributed by atoms with Gasteiger partial charge in [-0.15, -0.1) is 0 Å². The van der Waals surface area contributed by atoms with Crippen molar-refractivity contribution in [2.24, 2.45) is 23.7 Å². The smallest absolute Gasteiger partial charge is 0.335 e. The fourth-order valence-electron chi connectivity index (χ4n) is 5.50. The summed E-state index contributed by atoms with van der Waals surface area (Å²) in [6, 6.07) is 0. The van der Waals surface area contributed by atoms with Gasteiger partial charge in [0, 0.05) is 12.3 Å². The van der Waals surface area contributed by atoms with Crippen LogP contribution in [0.3, 0.4) is 0 Å². The van der Waals surface area contributed by atoms with Gasteiger partial charge in [0.2, 0.25) is 5.79 Å². The largest absolute Gasteiger partial charge is 0.481 e. The van der Waals surface area contributed by atoms with Gasteiger partial charge in [-0.1, -0.05) is 13.8 Å². The highest BCUT2D eigenvalue weighted by Crippen LogP contribution is 2.60. The Kier molecular flexibility index (Phi) is 4.73. The first-order valence-corrected chi connectivity index (χ1v) is 9.85. The SMILES string of the molecule is C[C@H]1[C@H](C(=O)OCCC(=O)O)O[C@@H]2OC3(C)CC[C@H]4[C@H](C)CC[C@@H]1C24OO3. The van der Waals surface area contributed by atoms with Crippen LogP contribution < -0.4 is 0 Å². The summed E-state index contributed by atoms with van der Waals surface area (Å²) in [7, 11) is 0. The summed E-state index contributed by atoms with van der Waals surface area (Å²) >= 11 is 0. The van der Waals surface area contributed by atoms with E-state index >= 15 is 0 Å². The molecule has 5 rings (SSSR count). The summed E-state index contributed by atoms with van der Waals surface area (Å²) in [6.45, 7) is 5.86. The predicted molar refractivity (Wildman–Crippen MR) is 90.0 cm³/mol. The lowest BCUT2D eigenvalue weighted by molar-refractivity contribution is -0.569. The highest BCUT2D eigenvalue weighted by atomic mass is 17.3. The molecule has 8 nitrogen and oxygen atoms in total. The molecule has 4 aliphatic heterocycles. The number of esters is 1. The number of hydrogen-bond acceptors (Lipinski definition) is 7. The molecule has 8 heteroatoms. The van der Waals surface area contributed by atoms with Crippen LogP contribution in [0.2, 0.25) is 0 Å². The number of carboxylic acids is 1. The summed E-state index contributed by atoms with van der Waals surface area (Å²) in [4.78, 5) is 35.0. The van der Waals surface area contributed by atoms with Crippen molar-refractivity contribution in [3.8, 4) is 0 Å². The van der Waals surface area contributed by atoms with Crippen LogP contribution in [0.15, 0.2) is 0 Å². The minimum absolute atomic E-state index is 0.0390. The molecule has 1 N–H and O–H groups in total. The fraction of sp³-hybridized carbons (Fsp3) is 0.895. The molecule has 0 radical (unpaired) electrons. The summed E-state index contributed by atoms with van der Waals surface area (Å²) in [5, 5.41) is 8.74. The molecule has 5 fully saturated rings. The van der Waals surface area contributed by atoms with Crippen molar-refractivity contribution in [1.82, 2.24) is 0 Å². The Hall–Kier alpha value is -1.22. The molecular formula is C19H28O8. The number of aliphatic carboxylic acids is 1. The second-order valence-corrected chi connectivity index (χ2v) is 8.64.